The number of rotatable bonds is 4. The van der Waals surface area contributed by atoms with Gasteiger partial charge in [-0.2, -0.15) is 0 Å². The molecule has 0 bridgehead atoms. The van der Waals surface area contributed by atoms with E-state index < -0.39 is 0 Å². The molecule has 25 heavy (non-hydrogen) atoms. The molecule has 2 aliphatic heterocycles. The zero-order valence-corrected chi connectivity index (χ0v) is 15.5. The second-order valence-electron chi connectivity index (χ2n) is 7.18. The first kappa shape index (κ1) is 18.2. The smallest absolute Gasteiger partial charge is 0.282 e. The van der Waals surface area contributed by atoms with Gasteiger partial charge < -0.3 is 24.6 Å². The minimum atomic E-state index is -0.0901. The maximum Gasteiger partial charge on any atom is 0.282 e. The molecule has 0 radical (unpaired) electrons. The van der Waals surface area contributed by atoms with Crippen LogP contribution in [0, 0.1) is 0 Å². The number of quaternary nitrogens is 1. The number of hydrogen-bond acceptors (Lipinski definition) is 4. The Morgan fingerprint density at radius 2 is 1.76 bits per heavy atom. The highest BCUT2D eigenvalue weighted by molar-refractivity contribution is 5.93. The maximum atomic E-state index is 12.6. The van der Waals surface area contributed by atoms with E-state index in [2.05, 4.69) is 36.2 Å². The van der Waals surface area contributed by atoms with E-state index in [9.17, 15) is 4.79 Å². The van der Waals surface area contributed by atoms with Crippen LogP contribution in [0.2, 0.25) is 0 Å². The normalized spacial score (nSPS) is 28.4. The third kappa shape index (κ3) is 4.71. The summed E-state index contributed by atoms with van der Waals surface area (Å²) >= 11 is 0. The molecule has 1 aromatic carbocycles. The van der Waals surface area contributed by atoms with Crippen molar-refractivity contribution in [1.29, 1.82) is 0 Å². The fraction of sp³-hybridized carbons (Fsp3) is 0.632. The lowest BCUT2D eigenvalue weighted by atomic mass is 10.1. The molecule has 0 saturated carbocycles. The topological polar surface area (TPSA) is 55.2 Å². The predicted molar refractivity (Wildman–Crippen MR) is 98.3 cm³/mol. The van der Waals surface area contributed by atoms with Crippen molar-refractivity contribution in [3.05, 3.63) is 24.3 Å². The van der Waals surface area contributed by atoms with Crippen molar-refractivity contribution in [3.8, 4) is 0 Å². The third-order valence-corrected chi connectivity index (χ3v) is 5.08. The number of anilines is 2. The van der Waals surface area contributed by atoms with Crippen LogP contribution in [0.5, 0.6) is 0 Å². The average Bonchev–Trinajstić information content (AvgIpc) is 2.61. The van der Waals surface area contributed by atoms with E-state index in [0.717, 1.165) is 45.1 Å². The summed E-state index contributed by atoms with van der Waals surface area (Å²) in [6.45, 7) is 11.3. The summed E-state index contributed by atoms with van der Waals surface area (Å²) in [6, 6.07) is 8.01. The van der Waals surface area contributed by atoms with Crippen molar-refractivity contribution in [2.24, 2.45) is 0 Å². The summed E-state index contributed by atoms with van der Waals surface area (Å²) in [4.78, 5) is 16.2. The fourth-order valence-electron chi connectivity index (χ4n) is 3.68. The Morgan fingerprint density at radius 3 is 2.36 bits per heavy atom. The summed E-state index contributed by atoms with van der Waals surface area (Å²) in [5.41, 5.74) is 2.03. The Labute approximate surface area is 150 Å². The van der Waals surface area contributed by atoms with Gasteiger partial charge >= 0.3 is 0 Å². The summed E-state index contributed by atoms with van der Waals surface area (Å²) in [5, 5.41) is 3.05. The van der Waals surface area contributed by atoms with Gasteiger partial charge in [0.2, 0.25) is 0 Å². The van der Waals surface area contributed by atoms with Gasteiger partial charge in [0.05, 0.1) is 13.2 Å². The number of carbonyl (C=O) groups is 1. The molecule has 1 amide bonds. The molecule has 1 aromatic rings. The van der Waals surface area contributed by atoms with Crippen molar-refractivity contribution >= 4 is 17.3 Å². The Bertz CT molecular complexity index is 562. The number of benzene rings is 1. The number of hydrogen-bond donors (Lipinski definition) is 2. The lowest BCUT2D eigenvalue weighted by Gasteiger charge is -2.35. The molecule has 6 nitrogen and oxygen atoms in total. The fourth-order valence-corrected chi connectivity index (χ4v) is 3.68. The molecule has 2 fully saturated rings. The molecule has 2 saturated heterocycles. The number of morpholine rings is 2. The van der Waals surface area contributed by atoms with E-state index in [4.69, 9.17) is 9.47 Å². The molecular formula is C19H30N3O3+. The highest BCUT2D eigenvalue weighted by atomic mass is 16.5. The van der Waals surface area contributed by atoms with Crippen molar-refractivity contribution in [3.63, 3.8) is 0 Å². The number of nitrogens with zero attached hydrogens (tertiary/aromatic N) is 1. The summed E-state index contributed by atoms with van der Waals surface area (Å²) in [5.74, 6) is 0.0652. The summed E-state index contributed by atoms with van der Waals surface area (Å²) < 4.78 is 11.2. The van der Waals surface area contributed by atoms with Crippen LogP contribution in [0.25, 0.3) is 0 Å². The number of nitrogens with one attached hydrogen (secondary N) is 2. The minimum Gasteiger partial charge on any atom is -0.378 e. The van der Waals surface area contributed by atoms with Gasteiger partial charge in [0.25, 0.3) is 5.91 Å². The zero-order chi connectivity index (χ0) is 17.8. The lowest BCUT2D eigenvalue weighted by Crippen LogP contribution is -3.19. The van der Waals surface area contributed by atoms with Crippen LogP contribution in [0.1, 0.15) is 20.8 Å². The molecule has 0 unspecified atom stereocenters. The van der Waals surface area contributed by atoms with Crippen LogP contribution in [-0.4, -0.2) is 63.5 Å². The van der Waals surface area contributed by atoms with E-state index in [0.29, 0.717) is 0 Å². The first-order valence-electron chi connectivity index (χ1n) is 9.26. The number of amides is 1. The molecule has 3 atom stereocenters. The lowest BCUT2D eigenvalue weighted by molar-refractivity contribution is -0.928. The van der Waals surface area contributed by atoms with Gasteiger partial charge in [0, 0.05) is 24.5 Å². The quantitative estimate of drug-likeness (QED) is 0.834. The first-order chi connectivity index (χ1) is 12.0. The van der Waals surface area contributed by atoms with Gasteiger partial charge in [-0.1, -0.05) is 0 Å². The van der Waals surface area contributed by atoms with E-state index in [1.165, 1.54) is 10.6 Å². The van der Waals surface area contributed by atoms with Crippen molar-refractivity contribution in [1.82, 2.24) is 0 Å². The van der Waals surface area contributed by atoms with Gasteiger partial charge in [-0.15, -0.1) is 0 Å². The van der Waals surface area contributed by atoms with E-state index in [-0.39, 0.29) is 24.2 Å². The summed E-state index contributed by atoms with van der Waals surface area (Å²) in [7, 11) is 0. The Balaban J connectivity index is 1.56. The van der Waals surface area contributed by atoms with Gasteiger partial charge in [0.1, 0.15) is 25.3 Å². The molecule has 138 valence electrons. The minimum absolute atomic E-state index is 0.0652. The zero-order valence-electron chi connectivity index (χ0n) is 15.5. The van der Waals surface area contributed by atoms with Crippen LogP contribution in [-0.2, 0) is 14.3 Å². The van der Waals surface area contributed by atoms with Crippen LogP contribution < -0.4 is 15.1 Å². The molecular weight excluding hydrogens is 318 g/mol. The first-order valence-corrected chi connectivity index (χ1v) is 9.26. The highest BCUT2D eigenvalue weighted by Crippen LogP contribution is 2.19. The van der Waals surface area contributed by atoms with Crippen LogP contribution >= 0.6 is 0 Å². The van der Waals surface area contributed by atoms with Gasteiger partial charge in [0.15, 0.2) is 6.04 Å². The van der Waals surface area contributed by atoms with Gasteiger partial charge in [-0.05, 0) is 45.0 Å². The second-order valence-corrected chi connectivity index (χ2v) is 7.18. The monoisotopic (exact) mass is 348 g/mol. The predicted octanol–water partition coefficient (Wildman–Crippen LogP) is 0.542. The van der Waals surface area contributed by atoms with Crippen LogP contribution in [0.15, 0.2) is 24.3 Å². The second kappa shape index (κ2) is 8.17. The van der Waals surface area contributed by atoms with Gasteiger partial charge in [-0.25, -0.2) is 0 Å². The van der Waals surface area contributed by atoms with Crippen LogP contribution in [0.3, 0.4) is 0 Å². The van der Waals surface area contributed by atoms with Crippen molar-refractivity contribution in [2.75, 3.05) is 49.6 Å². The largest absolute Gasteiger partial charge is 0.378 e. The standard InChI is InChI=1S/C19H29N3O3/c1-14-12-22(13-15(2)25-14)16(3)19(23)20-17-4-6-18(7-5-17)21-8-10-24-11-9-21/h4-7,14-16H,8-13H2,1-3H3,(H,20,23)/p+1/t14-,15-,16-/m0/s1. The highest BCUT2D eigenvalue weighted by Gasteiger charge is 2.32. The molecule has 0 aromatic heterocycles. The summed E-state index contributed by atoms with van der Waals surface area (Å²) in [6.07, 6.45) is 0.392. The average molecular weight is 348 g/mol. The number of carbonyl (C=O) groups excluding carboxylic acids is 1. The van der Waals surface area contributed by atoms with Crippen molar-refractivity contribution in [2.45, 2.75) is 39.0 Å². The Hall–Kier alpha value is -1.63. The third-order valence-electron chi connectivity index (χ3n) is 5.08. The molecule has 0 spiro atoms. The molecule has 2 aliphatic rings. The molecule has 3 rings (SSSR count). The van der Waals surface area contributed by atoms with E-state index >= 15 is 0 Å². The van der Waals surface area contributed by atoms with E-state index in [1.807, 2.05) is 19.1 Å². The van der Waals surface area contributed by atoms with Crippen LogP contribution in [0.4, 0.5) is 11.4 Å². The van der Waals surface area contributed by atoms with Gasteiger partial charge in [-0.3, -0.25) is 4.79 Å². The Kier molecular flexibility index (Phi) is 5.93. The Morgan fingerprint density at radius 1 is 1.16 bits per heavy atom. The van der Waals surface area contributed by atoms with Crippen molar-refractivity contribution < 1.29 is 19.2 Å². The molecule has 2 N–H and O–H groups in total. The number of ether oxygens (including phenoxy) is 2. The molecule has 6 heteroatoms. The molecule has 0 aliphatic carbocycles. The SMILES string of the molecule is C[C@H]1C[NH+]([C@@H](C)C(=O)Nc2ccc(N3CCOCC3)cc2)C[C@H](C)O1. The molecule has 2 heterocycles. The maximum absolute atomic E-state index is 12.6. The van der Waals surface area contributed by atoms with E-state index in [1.54, 1.807) is 0 Å².